The Kier molecular flexibility index (Phi) is 62.0. The summed E-state index contributed by atoms with van der Waals surface area (Å²) in [6, 6.07) is 51.6. The van der Waals surface area contributed by atoms with Gasteiger partial charge in [-0.3, -0.25) is 44.4 Å². The van der Waals surface area contributed by atoms with E-state index in [0.717, 1.165) is 253 Å². The van der Waals surface area contributed by atoms with Crippen LogP contribution < -0.4 is 31.9 Å². The molecular weight excluding hydrogens is 1570 g/mol. The number of pyridine rings is 3. The Morgan fingerprint density at radius 3 is 0.645 bits per heavy atom. The minimum Gasteiger partial charge on any atom is -0.314 e. The Balaban J connectivity index is 0.000000390. The van der Waals surface area contributed by atoms with Crippen LogP contribution in [0.4, 0.5) is 0 Å². The van der Waals surface area contributed by atoms with Crippen LogP contribution in [0.3, 0.4) is 0 Å². The van der Waals surface area contributed by atoms with Crippen molar-refractivity contribution in [2.75, 3.05) is 236 Å². The van der Waals surface area contributed by atoms with E-state index in [1.165, 1.54) is 107 Å². The van der Waals surface area contributed by atoms with Crippen molar-refractivity contribution < 1.29 is 68.3 Å². The third-order valence-corrected chi connectivity index (χ3v) is 20.6. The number of rotatable bonds is 24. The minimum atomic E-state index is 0. The van der Waals surface area contributed by atoms with E-state index in [4.69, 9.17) is 0 Å². The fraction of sp³-hybridized carbons (Fsp3) is 0.621. The summed E-state index contributed by atoms with van der Waals surface area (Å²) in [4.78, 5) is 39.6. The van der Waals surface area contributed by atoms with E-state index in [1.807, 2.05) is 36.8 Å². The van der Waals surface area contributed by atoms with E-state index in [-0.39, 0.29) is 68.3 Å². The molecule has 3 aromatic carbocycles. The molecule has 4 fully saturated rings. The molecule has 7 heterocycles. The molecule has 4 aliphatic rings. The van der Waals surface area contributed by atoms with Crippen molar-refractivity contribution in [3.8, 4) is 0 Å². The van der Waals surface area contributed by atoms with Crippen molar-refractivity contribution in [1.29, 1.82) is 0 Å². The molecule has 4 aliphatic heterocycles. The molecule has 6 aromatic rings. The maximum atomic E-state index is 4.53. The Hall–Kier alpha value is -3.45. The maximum absolute atomic E-state index is 4.53. The maximum Gasteiger partial charge on any atom is 2.00 e. The molecule has 23 heteroatoms. The van der Waals surface area contributed by atoms with Crippen molar-refractivity contribution in [2.45, 2.75) is 118 Å². The molecule has 0 amide bonds. The van der Waals surface area contributed by atoms with Crippen molar-refractivity contribution in [3.05, 3.63) is 198 Å². The number of benzene rings is 3. The van der Waals surface area contributed by atoms with Gasteiger partial charge in [-0.05, 0) is 105 Å². The Morgan fingerprint density at radius 1 is 0.218 bits per heavy atom. The molecule has 0 bridgehead atoms. The van der Waals surface area contributed by atoms with Gasteiger partial charge < -0.3 is 51.5 Å². The monoisotopic (exact) mass is 1710 g/mol. The SMILES string of the molecule is CCCCN1CCN(Cc2ccccc2)CCN(Cc2ccccc2)CCN(Cc2ccccc2)CC1.CCCCN1CCN(Cc2ccccn2)CCNCCN(Cc2ccccn2)CC1.CCCCN1CCNCCN(Cc2ccccn2)CCNCC1.CCCCN1CCNCCNCCNCC1.[64Cu+2].[64Cu+2].[64Cu+2].[64Cu+2]. The largest absolute Gasteiger partial charge is 2.00 e. The van der Waals surface area contributed by atoms with Crippen LogP contribution in [-0.2, 0) is 108 Å². The van der Waals surface area contributed by atoms with Gasteiger partial charge in [0.1, 0.15) is 0 Å². The first-order valence-corrected chi connectivity index (χ1v) is 41.7. The third-order valence-electron chi connectivity index (χ3n) is 20.6. The van der Waals surface area contributed by atoms with Gasteiger partial charge in [-0.15, -0.1) is 0 Å². The molecular formula is C87H145Cu4N19+8. The van der Waals surface area contributed by atoms with Crippen LogP contribution in [0.15, 0.2) is 164 Å². The third kappa shape index (κ3) is 48.2. The smallest absolute Gasteiger partial charge is 0.314 e. The molecule has 6 N–H and O–H groups in total. The van der Waals surface area contributed by atoms with Crippen molar-refractivity contribution >= 4 is 0 Å². The van der Waals surface area contributed by atoms with Gasteiger partial charge in [-0.1, -0.05) is 163 Å². The standard InChI is InChI=1S/C33H46N4.C24H38N6.C18H33N5.C12H28N4.4Cu/c1-2-3-19-34-20-22-35(28-31-13-7-4-8-14-31)24-26-37(30-33-17-11-6-12-18-33)27-25-36(23-21-34)29-32-15-9-5-10-16-32;1-2-3-14-28-17-19-29(21-23-8-4-6-10-26-23)15-12-25-13-16-30(20-18-28)22-24-9-5-7-11-27-24;1-2-3-12-22-13-8-19-10-15-23(16-11-20-9-14-22)17-18-6-4-5-7-21-18;1-2-3-10-16-11-8-14-6-4-13-5-7-15-9-12-16;;;;/h4-18H,2-3,19-30H2,1H3;4-11,25H,2-3,12-22H2,1H3;4-7,19-20H,2-3,8-17H2,1H3;13-15H,2-12H2,1H3;;;;/q;;;;4*+2/i;;;;4*1+0. The summed E-state index contributed by atoms with van der Waals surface area (Å²) in [7, 11) is 0. The molecule has 10 rings (SSSR count). The van der Waals surface area contributed by atoms with Crippen LogP contribution >= 0.6 is 0 Å². The van der Waals surface area contributed by atoms with E-state index in [1.54, 1.807) is 0 Å². The van der Waals surface area contributed by atoms with Gasteiger partial charge in [0.25, 0.3) is 0 Å². The molecule has 4 saturated heterocycles. The first kappa shape index (κ1) is 101. The average Bonchev–Trinajstić information content (AvgIpc) is 0.885. The Morgan fingerprint density at radius 2 is 0.409 bits per heavy atom. The summed E-state index contributed by atoms with van der Waals surface area (Å²) in [5, 5.41) is 21.2. The predicted molar refractivity (Wildman–Crippen MR) is 446 cm³/mol. The molecule has 3 aromatic heterocycles. The first-order valence-electron chi connectivity index (χ1n) is 41.7. The van der Waals surface area contributed by atoms with E-state index >= 15 is 0 Å². The number of nitrogens with zero attached hydrogens (tertiary/aromatic N) is 13. The van der Waals surface area contributed by atoms with Gasteiger partial charge in [0, 0.05) is 267 Å². The molecule has 0 aliphatic carbocycles. The van der Waals surface area contributed by atoms with Crippen LogP contribution in [0.25, 0.3) is 0 Å². The van der Waals surface area contributed by atoms with Gasteiger partial charge >= 0.3 is 68.3 Å². The summed E-state index contributed by atoms with van der Waals surface area (Å²) in [6.45, 7) is 55.0. The van der Waals surface area contributed by atoms with Crippen LogP contribution in [0.2, 0.25) is 0 Å². The fourth-order valence-electron chi connectivity index (χ4n) is 13.9. The normalized spacial score (nSPS) is 18.4. The van der Waals surface area contributed by atoms with Crippen molar-refractivity contribution in [3.63, 3.8) is 0 Å². The summed E-state index contributed by atoms with van der Waals surface area (Å²) in [5.41, 5.74) is 7.71. The molecule has 4 radical (unpaired) electrons. The summed E-state index contributed by atoms with van der Waals surface area (Å²) < 4.78 is 0. The zero-order valence-electron chi connectivity index (χ0n) is 68.0. The number of hydrogen-bond acceptors (Lipinski definition) is 19. The summed E-state index contributed by atoms with van der Waals surface area (Å²) in [6.07, 6.45) is 15.9. The summed E-state index contributed by atoms with van der Waals surface area (Å²) >= 11 is 0. The van der Waals surface area contributed by atoms with Gasteiger partial charge in [0.15, 0.2) is 0 Å². The zero-order chi connectivity index (χ0) is 74.0. The van der Waals surface area contributed by atoms with Crippen LogP contribution in [0.1, 0.15) is 113 Å². The van der Waals surface area contributed by atoms with Gasteiger partial charge in [0.2, 0.25) is 0 Å². The molecule has 624 valence electrons. The molecule has 0 atom stereocenters. The first-order chi connectivity index (χ1) is 52.4. The molecule has 0 unspecified atom stereocenters. The number of nitrogens with one attached hydrogen (secondary N) is 6. The number of aromatic nitrogens is 3. The zero-order valence-corrected chi connectivity index (χ0v) is 71.7. The van der Waals surface area contributed by atoms with Gasteiger partial charge in [-0.2, -0.15) is 0 Å². The average molecular weight is 1710 g/mol. The molecule has 0 saturated carbocycles. The second-order valence-electron chi connectivity index (χ2n) is 29.4. The van der Waals surface area contributed by atoms with E-state index in [9.17, 15) is 0 Å². The van der Waals surface area contributed by atoms with Gasteiger partial charge in [0.05, 0.1) is 17.1 Å². The van der Waals surface area contributed by atoms with Crippen molar-refractivity contribution in [1.82, 2.24) is 95.9 Å². The van der Waals surface area contributed by atoms with Crippen LogP contribution in [0, 0.1) is 0 Å². The van der Waals surface area contributed by atoms with E-state index in [2.05, 4.69) is 251 Å². The topological polar surface area (TPSA) is 143 Å². The number of unbranched alkanes of at least 4 members (excludes halogenated alkanes) is 4. The van der Waals surface area contributed by atoms with Gasteiger partial charge in [-0.25, -0.2) is 0 Å². The Bertz CT molecular complexity index is 2820. The van der Waals surface area contributed by atoms with Crippen molar-refractivity contribution in [2.24, 2.45) is 0 Å². The second kappa shape index (κ2) is 67.7. The number of hydrogen-bond donors (Lipinski definition) is 6. The quantitative estimate of drug-likeness (QED) is 0.0321. The molecule has 110 heavy (non-hydrogen) atoms. The second-order valence-corrected chi connectivity index (χ2v) is 29.4. The fourth-order valence-corrected chi connectivity index (χ4v) is 13.9. The molecule has 19 nitrogen and oxygen atoms in total. The van der Waals surface area contributed by atoms with Crippen LogP contribution in [-0.4, -0.2) is 300 Å². The van der Waals surface area contributed by atoms with E-state index in [0.29, 0.717) is 0 Å². The van der Waals surface area contributed by atoms with Crippen LogP contribution in [0.5, 0.6) is 0 Å². The minimum absolute atomic E-state index is 0. The Labute approximate surface area is 710 Å². The summed E-state index contributed by atoms with van der Waals surface area (Å²) in [5.74, 6) is 0. The van der Waals surface area contributed by atoms with E-state index < -0.39 is 0 Å². The molecule has 0 spiro atoms. The predicted octanol–water partition coefficient (Wildman–Crippen LogP) is 9.13.